The summed E-state index contributed by atoms with van der Waals surface area (Å²) in [5.74, 6) is -0.0224. The van der Waals surface area contributed by atoms with Gasteiger partial charge >= 0.3 is 5.97 Å². The first-order valence-electron chi connectivity index (χ1n) is 37.6. The number of carbonyl (C=O) groups excluding carboxylic acids is 2. The Balaban J connectivity index is 3.42. The van der Waals surface area contributed by atoms with E-state index in [4.69, 9.17) is 4.74 Å². The summed E-state index contributed by atoms with van der Waals surface area (Å²) >= 11 is 0. The molecule has 0 aromatic heterocycles. The van der Waals surface area contributed by atoms with Crippen LogP contribution in [-0.2, 0) is 14.3 Å². The van der Waals surface area contributed by atoms with Gasteiger partial charge in [0.25, 0.3) is 0 Å². The number of rotatable bonds is 71. The van der Waals surface area contributed by atoms with Gasteiger partial charge in [-0.15, -0.1) is 0 Å². The Kier molecular flexibility index (Phi) is 70.4. The van der Waals surface area contributed by atoms with Crippen LogP contribution < -0.4 is 5.32 Å². The van der Waals surface area contributed by atoms with E-state index >= 15 is 0 Å². The Morgan fingerprint density at radius 1 is 0.341 bits per heavy atom. The summed E-state index contributed by atoms with van der Waals surface area (Å²) in [6, 6.07) is -0.548. The lowest BCUT2D eigenvalue weighted by Gasteiger charge is -2.22. The molecule has 0 spiro atoms. The highest BCUT2D eigenvalue weighted by atomic mass is 16.5. The van der Waals surface area contributed by atoms with Gasteiger partial charge in [0.2, 0.25) is 5.91 Å². The molecule has 0 heterocycles. The van der Waals surface area contributed by atoms with E-state index in [9.17, 15) is 19.8 Å². The number of allylic oxidation sites excluding steroid dienone is 4. The Bertz CT molecular complexity index is 1280. The van der Waals surface area contributed by atoms with Crippen molar-refractivity contribution >= 4 is 11.9 Å². The predicted molar refractivity (Wildman–Crippen MR) is 361 cm³/mol. The van der Waals surface area contributed by atoms with Crippen molar-refractivity contribution in [1.29, 1.82) is 0 Å². The molecule has 0 bridgehead atoms. The highest BCUT2D eigenvalue weighted by molar-refractivity contribution is 5.76. The molecule has 6 nitrogen and oxygen atoms in total. The Morgan fingerprint density at radius 3 is 0.927 bits per heavy atom. The maximum absolute atomic E-state index is 12.6. The van der Waals surface area contributed by atoms with E-state index in [1.54, 1.807) is 0 Å². The van der Waals surface area contributed by atoms with Crippen LogP contribution in [0.4, 0.5) is 0 Å². The summed E-state index contributed by atoms with van der Waals surface area (Å²) in [4.78, 5) is 24.7. The lowest BCUT2D eigenvalue weighted by Crippen LogP contribution is -2.45. The topological polar surface area (TPSA) is 95.9 Å². The van der Waals surface area contributed by atoms with Crippen molar-refractivity contribution in [3.8, 4) is 0 Å². The molecule has 0 saturated heterocycles. The fraction of sp³-hybridized carbons (Fsp3) is 0.921. The number of amides is 1. The fourth-order valence-electron chi connectivity index (χ4n) is 12.0. The molecule has 0 aliphatic rings. The molecule has 0 aromatic rings. The molecule has 0 saturated carbocycles. The van der Waals surface area contributed by atoms with Gasteiger partial charge in [-0.25, -0.2) is 0 Å². The number of aliphatic hydroxyl groups excluding tert-OH is 2. The van der Waals surface area contributed by atoms with Crippen LogP contribution in [0.5, 0.6) is 0 Å². The molecule has 486 valence electrons. The third kappa shape index (κ3) is 67.5. The molecule has 3 N–H and O–H groups in total. The maximum Gasteiger partial charge on any atom is 0.305 e. The van der Waals surface area contributed by atoms with Crippen molar-refractivity contribution < 1.29 is 24.5 Å². The third-order valence-electron chi connectivity index (χ3n) is 17.8. The summed E-state index contributed by atoms with van der Waals surface area (Å²) in [5, 5.41) is 23.5. The van der Waals surface area contributed by atoms with Crippen LogP contribution in [0.25, 0.3) is 0 Å². The number of aliphatic hydroxyl groups is 2. The first-order chi connectivity index (χ1) is 40.5. The van der Waals surface area contributed by atoms with Gasteiger partial charge in [0.1, 0.15) is 0 Å². The Labute approximate surface area is 513 Å². The highest BCUT2D eigenvalue weighted by Gasteiger charge is 2.20. The second kappa shape index (κ2) is 71.8. The molecule has 0 fully saturated rings. The molecule has 2 atom stereocenters. The summed E-state index contributed by atoms with van der Waals surface area (Å²) in [6.07, 6.45) is 91.0. The third-order valence-corrected chi connectivity index (χ3v) is 17.8. The summed E-state index contributed by atoms with van der Waals surface area (Å²) in [7, 11) is 0. The van der Waals surface area contributed by atoms with Crippen LogP contribution in [-0.4, -0.2) is 47.4 Å². The number of nitrogens with one attached hydrogen (secondary N) is 1. The van der Waals surface area contributed by atoms with Gasteiger partial charge in [-0.2, -0.15) is 0 Å². The predicted octanol–water partition coefficient (Wildman–Crippen LogP) is 24.5. The van der Waals surface area contributed by atoms with E-state index in [0.717, 1.165) is 44.9 Å². The molecule has 6 heteroatoms. The van der Waals surface area contributed by atoms with Gasteiger partial charge in [0.05, 0.1) is 25.4 Å². The Hall–Kier alpha value is -1.66. The van der Waals surface area contributed by atoms with Gasteiger partial charge < -0.3 is 20.3 Å². The molecular weight excluding hydrogens is 1010 g/mol. The molecule has 0 rings (SSSR count). The second-order valence-corrected chi connectivity index (χ2v) is 26.0. The minimum Gasteiger partial charge on any atom is -0.466 e. The second-order valence-electron chi connectivity index (χ2n) is 26.0. The SMILES string of the molecule is CCCCCCCCCCCCCCCCCCCCCCCCCCC(O)C(CO)NC(=O)CCCCCCCCCCC/C=C\C/C=C\CCCCCCCCCCCOC(=O)CCCCCCCCCCCCCCCCCC. The number of ether oxygens (including phenoxy) is 1. The Morgan fingerprint density at radius 2 is 0.610 bits per heavy atom. The minimum atomic E-state index is -0.670. The number of unbranched alkanes of at least 4 members (excludes halogenated alkanes) is 56. The van der Waals surface area contributed by atoms with E-state index in [0.29, 0.717) is 25.9 Å². The van der Waals surface area contributed by atoms with E-state index in [1.165, 1.54) is 347 Å². The van der Waals surface area contributed by atoms with Crippen LogP contribution in [0.1, 0.15) is 425 Å². The number of carbonyl (C=O) groups is 2. The molecule has 0 aliphatic carbocycles. The van der Waals surface area contributed by atoms with Gasteiger partial charge in [0, 0.05) is 12.8 Å². The monoisotopic (exact) mass is 1150 g/mol. The maximum atomic E-state index is 12.6. The van der Waals surface area contributed by atoms with Gasteiger partial charge in [-0.3, -0.25) is 9.59 Å². The lowest BCUT2D eigenvalue weighted by molar-refractivity contribution is -0.143. The number of hydrogen-bond acceptors (Lipinski definition) is 5. The van der Waals surface area contributed by atoms with Gasteiger partial charge in [-0.1, -0.05) is 378 Å². The molecule has 2 unspecified atom stereocenters. The quantitative estimate of drug-likeness (QED) is 0.0320. The standard InChI is InChI=1S/C76H147NO5/c1-3-5-7-9-11-13-15-17-19-21-22-23-24-28-31-34-37-40-44-48-52-56-60-64-68-74(79)73(72-78)77-75(80)69-65-61-57-53-49-45-41-38-35-32-29-26-25-27-30-33-36-39-43-47-51-55-59-63-67-71-82-76(81)70-66-62-58-54-50-46-42-20-18-16-14-12-10-8-6-4-2/h26-27,29-30,73-74,78-79H,3-25,28,31-72H2,1-2H3,(H,77,80)/b29-26-,30-27-. The van der Waals surface area contributed by atoms with E-state index < -0.39 is 12.1 Å². The molecule has 0 radical (unpaired) electrons. The molecule has 0 aromatic carbocycles. The van der Waals surface area contributed by atoms with Crippen LogP contribution >= 0.6 is 0 Å². The lowest BCUT2D eigenvalue weighted by atomic mass is 10.0. The minimum absolute atomic E-state index is 0.0136. The first kappa shape index (κ1) is 80.3. The van der Waals surface area contributed by atoms with Crippen molar-refractivity contribution in [1.82, 2.24) is 5.32 Å². The zero-order chi connectivity index (χ0) is 59.2. The molecular formula is C76H147NO5. The van der Waals surface area contributed by atoms with Crippen LogP contribution in [0.15, 0.2) is 24.3 Å². The zero-order valence-electron chi connectivity index (χ0n) is 55.8. The van der Waals surface area contributed by atoms with Crippen molar-refractivity contribution in [2.45, 2.75) is 437 Å². The zero-order valence-corrected chi connectivity index (χ0v) is 55.8. The fourth-order valence-corrected chi connectivity index (χ4v) is 12.0. The average molecular weight is 1160 g/mol. The largest absolute Gasteiger partial charge is 0.466 e. The average Bonchev–Trinajstić information content (AvgIpc) is 3.48. The van der Waals surface area contributed by atoms with Gasteiger partial charge in [0.15, 0.2) is 0 Å². The smallest absolute Gasteiger partial charge is 0.305 e. The molecule has 0 aliphatic heterocycles. The summed E-state index contributed by atoms with van der Waals surface area (Å²) < 4.78 is 5.50. The number of hydrogen-bond donors (Lipinski definition) is 3. The number of esters is 1. The molecule has 82 heavy (non-hydrogen) atoms. The molecule has 1 amide bonds. The van der Waals surface area contributed by atoms with E-state index in [2.05, 4.69) is 43.5 Å². The van der Waals surface area contributed by atoms with Crippen LogP contribution in [0.2, 0.25) is 0 Å². The summed E-state index contributed by atoms with van der Waals surface area (Å²) in [6.45, 7) is 5.00. The summed E-state index contributed by atoms with van der Waals surface area (Å²) in [5.41, 5.74) is 0. The van der Waals surface area contributed by atoms with Crippen molar-refractivity contribution in [3.05, 3.63) is 24.3 Å². The van der Waals surface area contributed by atoms with E-state index in [-0.39, 0.29) is 18.5 Å². The normalized spacial score (nSPS) is 12.6. The highest BCUT2D eigenvalue weighted by Crippen LogP contribution is 2.19. The van der Waals surface area contributed by atoms with E-state index in [1.807, 2.05) is 0 Å². The van der Waals surface area contributed by atoms with Crippen LogP contribution in [0.3, 0.4) is 0 Å². The van der Waals surface area contributed by atoms with Crippen molar-refractivity contribution in [2.75, 3.05) is 13.2 Å². The van der Waals surface area contributed by atoms with Crippen molar-refractivity contribution in [3.63, 3.8) is 0 Å². The van der Waals surface area contributed by atoms with Gasteiger partial charge in [-0.05, 0) is 57.8 Å². The first-order valence-corrected chi connectivity index (χ1v) is 37.6. The van der Waals surface area contributed by atoms with Crippen LogP contribution in [0, 0.1) is 0 Å². The van der Waals surface area contributed by atoms with Crippen molar-refractivity contribution in [2.24, 2.45) is 0 Å².